The van der Waals surface area contributed by atoms with Gasteiger partial charge in [0.15, 0.2) is 0 Å². The van der Waals surface area contributed by atoms with Gasteiger partial charge < -0.3 is 16.4 Å². The minimum atomic E-state index is -3.15. The highest BCUT2D eigenvalue weighted by molar-refractivity contribution is 7.90. The first-order chi connectivity index (χ1) is 10.4. The summed E-state index contributed by atoms with van der Waals surface area (Å²) in [5.41, 5.74) is 5.83. The van der Waals surface area contributed by atoms with E-state index in [0.29, 0.717) is 19.6 Å². The Morgan fingerprint density at radius 1 is 1.23 bits per heavy atom. The second-order valence-corrected chi connectivity index (χ2v) is 9.20. The van der Waals surface area contributed by atoms with Crippen LogP contribution in [0.25, 0.3) is 0 Å². The van der Waals surface area contributed by atoms with Crippen molar-refractivity contribution in [2.45, 2.75) is 61.8 Å². The Hall–Kier alpha value is -0.860. The topological polar surface area (TPSA) is 105 Å². The standard InChI is InChI=1S/C14H26N4O3S/c15-14(6-2-7-14)10-16-13(19)17-11-3-1-8-18(9-11)22(20,21)12-4-5-12/h11-12H,1-10,15H2,(H2,16,17,19)/t11-/m1/s1. The lowest BCUT2D eigenvalue weighted by molar-refractivity contribution is 0.208. The molecule has 0 aromatic rings. The minimum Gasteiger partial charge on any atom is -0.336 e. The summed E-state index contributed by atoms with van der Waals surface area (Å²) >= 11 is 0. The van der Waals surface area contributed by atoms with E-state index in [1.807, 2.05) is 0 Å². The van der Waals surface area contributed by atoms with Crippen LogP contribution in [-0.4, -0.2) is 55.2 Å². The van der Waals surface area contributed by atoms with Crippen LogP contribution in [0.2, 0.25) is 0 Å². The number of carbonyl (C=O) groups excluding carboxylic acids is 1. The molecule has 1 heterocycles. The van der Waals surface area contributed by atoms with Crippen LogP contribution in [0.15, 0.2) is 0 Å². The van der Waals surface area contributed by atoms with Gasteiger partial charge in [-0.3, -0.25) is 0 Å². The number of nitrogens with zero attached hydrogens (tertiary/aromatic N) is 1. The number of hydrogen-bond donors (Lipinski definition) is 3. The average molecular weight is 330 g/mol. The predicted molar refractivity (Wildman–Crippen MR) is 83.8 cm³/mol. The SMILES string of the molecule is NC1(CNC(=O)N[C@@H]2CCCN(S(=O)(=O)C3CC3)C2)CCC1. The normalized spacial score (nSPS) is 28.7. The van der Waals surface area contributed by atoms with Crippen molar-refractivity contribution in [2.24, 2.45) is 5.73 Å². The van der Waals surface area contributed by atoms with Gasteiger partial charge in [0.2, 0.25) is 10.0 Å². The molecule has 126 valence electrons. The Labute approximate surface area is 132 Å². The number of carbonyl (C=O) groups is 1. The molecule has 1 saturated heterocycles. The number of amides is 2. The fourth-order valence-electron chi connectivity index (χ4n) is 3.17. The zero-order valence-electron chi connectivity index (χ0n) is 12.9. The monoisotopic (exact) mass is 330 g/mol. The van der Waals surface area contributed by atoms with Crippen LogP contribution in [0.4, 0.5) is 4.79 Å². The van der Waals surface area contributed by atoms with Gasteiger partial charge in [-0.1, -0.05) is 0 Å². The molecule has 3 rings (SSSR count). The molecule has 8 heteroatoms. The van der Waals surface area contributed by atoms with Crippen molar-refractivity contribution in [2.75, 3.05) is 19.6 Å². The molecule has 3 aliphatic rings. The first kappa shape index (κ1) is 16.0. The lowest BCUT2D eigenvalue weighted by Crippen LogP contribution is -2.58. The summed E-state index contributed by atoms with van der Waals surface area (Å²) in [7, 11) is -3.15. The van der Waals surface area contributed by atoms with Crippen molar-refractivity contribution in [3.63, 3.8) is 0 Å². The lowest BCUT2D eigenvalue weighted by Gasteiger charge is -2.38. The molecule has 0 aromatic carbocycles. The molecule has 3 fully saturated rings. The fourth-order valence-corrected chi connectivity index (χ4v) is 5.09. The van der Waals surface area contributed by atoms with E-state index in [9.17, 15) is 13.2 Å². The number of urea groups is 1. The van der Waals surface area contributed by atoms with Crippen molar-refractivity contribution in [1.82, 2.24) is 14.9 Å². The maximum atomic E-state index is 12.3. The lowest BCUT2D eigenvalue weighted by atomic mass is 9.78. The number of sulfonamides is 1. The van der Waals surface area contributed by atoms with Gasteiger partial charge in [0, 0.05) is 31.2 Å². The molecule has 4 N–H and O–H groups in total. The smallest absolute Gasteiger partial charge is 0.315 e. The number of nitrogens with two attached hydrogens (primary N) is 1. The Bertz CT molecular complexity index is 528. The van der Waals surface area contributed by atoms with Crippen molar-refractivity contribution in [3.8, 4) is 0 Å². The van der Waals surface area contributed by atoms with Crippen LogP contribution in [0.1, 0.15) is 44.9 Å². The Kier molecular flexibility index (Phi) is 4.35. The number of rotatable bonds is 5. The highest BCUT2D eigenvalue weighted by Crippen LogP contribution is 2.32. The van der Waals surface area contributed by atoms with Crippen LogP contribution >= 0.6 is 0 Å². The van der Waals surface area contributed by atoms with Crippen molar-refractivity contribution < 1.29 is 13.2 Å². The second-order valence-electron chi connectivity index (χ2n) is 6.98. The molecule has 2 saturated carbocycles. The van der Waals surface area contributed by atoms with Crippen molar-refractivity contribution >= 4 is 16.1 Å². The van der Waals surface area contributed by atoms with E-state index in [0.717, 1.165) is 44.9 Å². The zero-order valence-corrected chi connectivity index (χ0v) is 13.7. The van der Waals surface area contributed by atoms with Crippen LogP contribution < -0.4 is 16.4 Å². The van der Waals surface area contributed by atoms with Gasteiger partial charge >= 0.3 is 6.03 Å². The second kappa shape index (κ2) is 5.98. The molecular weight excluding hydrogens is 304 g/mol. The Morgan fingerprint density at radius 3 is 2.55 bits per heavy atom. The van der Waals surface area contributed by atoms with E-state index in [4.69, 9.17) is 5.73 Å². The summed E-state index contributed by atoms with van der Waals surface area (Å²) in [6, 6.07) is -0.357. The molecule has 0 aromatic heterocycles. The predicted octanol–water partition coefficient (Wildman–Crippen LogP) is 0.124. The maximum absolute atomic E-state index is 12.3. The molecule has 0 radical (unpaired) electrons. The number of piperidine rings is 1. The van der Waals surface area contributed by atoms with Crippen molar-refractivity contribution in [3.05, 3.63) is 0 Å². The van der Waals surface area contributed by atoms with Gasteiger partial charge in [-0.2, -0.15) is 4.31 Å². The molecule has 22 heavy (non-hydrogen) atoms. The first-order valence-electron chi connectivity index (χ1n) is 8.21. The summed E-state index contributed by atoms with van der Waals surface area (Å²) in [5, 5.41) is 5.52. The molecule has 1 atom stereocenters. The van der Waals surface area contributed by atoms with E-state index in [1.54, 1.807) is 4.31 Å². The molecular formula is C14H26N4O3S. The van der Waals surface area contributed by atoms with Crippen LogP contribution in [0.5, 0.6) is 0 Å². The molecule has 0 bridgehead atoms. The van der Waals surface area contributed by atoms with E-state index >= 15 is 0 Å². The molecule has 7 nitrogen and oxygen atoms in total. The summed E-state index contributed by atoms with van der Waals surface area (Å²) < 4.78 is 26.1. The third-order valence-corrected chi connectivity index (χ3v) is 7.34. The van der Waals surface area contributed by atoms with Gasteiger partial charge in [0.1, 0.15) is 0 Å². The average Bonchev–Trinajstić information content (AvgIpc) is 3.28. The first-order valence-corrected chi connectivity index (χ1v) is 9.72. The summed E-state index contributed by atoms with van der Waals surface area (Å²) in [6.45, 7) is 1.44. The molecule has 0 unspecified atom stereocenters. The summed E-state index contributed by atoms with van der Waals surface area (Å²) in [6.07, 6.45) is 6.17. The van der Waals surface area contributed by atoms with E-state index in [-0.39, 0.29) is 22.9 Å². The molecule has 2 amide bonds. The minimum absolute atomic E-state index is 0.114. The van der Waals surface area contributed by atoms with E-state index < -0.39 is 10.0 Å². The molecule has 0 spiro atoms. The highest BCUT2D eigenvalue weighted by atomic mass is 32.2. The van der Waals surface area contributed by atoms with Gasteiger partial charge in [0.25, 0.3) is 0 Å². The van der Waals surface area contributed by atoms with Gasteiger partial charge in [-0.25, -0.2) is 13.2 Å². The molecule has 1 aliphatic heterocycles. The van der Waals surface area contributed by atoms with Crippen LogP contribution in [0, 0.1) is 0 Å². The third kappa shape index (κ3) is 3.55. The van der Waals surface area contributed by atoms with E-state index in [1.165, 1.54) is 0 Å². The zero-order chi connectivity index (χ0) is 15.8. The van der Waals surface area contributed by atoms with E-state index in [2.05, 4.69) is 10.6 Å². The summed E-state index contributed by atoms with van der Waals surface area (Å²) in [4.78, 5) is 12.0. The van der Waals surface area contributed by atoms with Crippen molar-refractivity contribution in [1.29, 1.82) is 0 Å². The fraction of sp³-hybridized carbons (Fsp3) is 0.929. The number of nitrogens with one attached hydrogen (secondary N) is 2. The van der Waals surface area contributed by atoms with Crippen LogP contribution in [-0.2, 0) is 10.0 Å². The quantitative estimate of drug-likeness (QED) is 0.666. The summed E-state index contributed by atoms with van der Waals surface area (Å²) in [5.74, 6) is 0. The van der Waals surface area contributed by atoms with Crippen LogP contribution in [0.3, 0.4) is 0 Å². The number of hydrogen-bond acceptors (Lipinski definition) is 4. The van der Waals surface area contributed by atoms with Gasteiger partial charge in [-0.05, 0) is 44.9 Å². The van der Waals surface area contributed by atoms with Gasteiger partial charge in [0.05, 0.1) is 5.25 Å². The highest BCUT2D eigenvalue weighted by Gasteiger charge is 2.41. The largest absolute Gasteiger partial charge is 0.336 e. The Balaban J connectivity index is 1.46. The Morgan fingerprint density at radius 2 is 1.95 bits per heavy atom. The van der Waals surface area contributed by atoms with Gasteiger partial charge in [-0.15, -0.1) is 0 Å². The third-order valence-electron chi connectivity index (χ3n) is 4.98. The maximum Gasteiger partial charge on any atom is 0.315 e. The molecule has 2 aliphatic carbocycles.